The van der Waals surface area contributed by atoms with Crippen molar-refractivity contribution in [3.05, 3.63) is 47.9 Å². The first-order chi connectivity index (χ1) is 9.93. The average molecular weight is 296 g/mol. The molecule has 0 aliphatic rings. The fourth-order valence-electron chi connectivity index (χ4n) is 1.69. The normalized spacial score (nSPS) is 11.0. The van der Waals surface area contributed by atoms with Crippen LogP contribution >= 0.6 is 0 Å². The number of carbonyl (C=O) groups excluding carboxylic acids is 1. The first-order valence-electron chi connectivity index (χ1n) is 5.89. The van der Waals surface area contributed by atoms with E-state index in [2.05, 4.69) is 20.6 Å². The van der Waals surface area contributed by atoms with Crippen LogP contribution in [0.4, 0.5) is 24.7 Å². The van der Waals surface area contributed by atoms with Crippen molar-refractivity contribution in [2.24, 2.45) is 0 Å². The van der Waals surface area contributed by atoms with E-state index in [0.717, 1.165) is 6.33 Å². The minimum absolute atomic E-state index is 0.215. The van der Waals surface area contributed by atoms with Crippen LogP contribution in [0, 0.1) is 0 Å². The number of aromatic nitrogens is 2. The lowest BCUT2D eigenvalue weighted by molar-refractivity contribution is -0.137. The van der Waals surface area contributed by atoms with Gasteiger partial charge in [-0.1, -0.05) is 12.1 Å². The van der Waals surface area contributed by atoms with Gasteiger partial charge in [-0.15, -0.1) is 0 Å². The molecule has 2 rings (SSSR count). The third kappa shape index (κ3) is 3.28. The Morgan fingerprint density at radius 3 is 2.62 bits per heavy atom. The van der Waals surface area contributed by atoms with Crippen LogP contribution in [0.1, 0.15) is 15.9 Å². The zero-order chi connectivity index (χ0) is 15.5. The van der Waals surface area contributed by atoms with E-state index in [0.29, 0.717) is 6.20 Å². The largest absolute Gasteiger partial charge is 0.421 e. The van der Waals surface area contributed by atoms with Crippen LogP contribution in [0.5, 0.6) is 0 Å². The maximum Gasteiger partial charge on any atom is 0.421 e. The predicted molar refractivity (Wildman–Crippen MR) is 70.1 cm³/mol. The first-order valence-corrected chi connectivity index (χ1v) is 5.89. The minimum atomic E-state index is -4.59. The number of rotatable bonds is 3. The number of benzene rings is 1. The number of amides is 1. The molecular formula is C13H11F3N4O. The summed E-state index contributed by atoms with van der Waals surface area (Å²) in [5.74, 6) is -0.824. The number of anilines is 2. The van der Waals surface area contributed by atoms with Crippen LogP contribution in [-0.2, 0) is 6.18 Å². The summed E-state index contributed by atoms with van der Waals surface area (Å²) in [4.78, 5) is 18.7. The van der Waals surface area contributed by atoms with Gasteiger partial charge < -0.3 is 10.6 Å². The van der Waals surface area contributed by atoms with Gasteiger partial charge in [0.15, 0.2) is 0 Å². The van der Waals surface area contributed by atoms with Crippen molar-refractivity contribution in [3.8, 4) is 0 Å². The molecule has 0 radical (unpaired) electrons. The smallest absolute Gasteiger partial charge is 0.355 e. The number of nitrogens with one attached hydrogen (secondary N) is 2. The Morgan fingerprint density at radius 2 is 1.95 bits per heavy atom. The molecule has 0 saturated heterocycles. The Hall–Kier alpha value is -2.64. The second-order valence-electron chi connectivity index (χ2n) is 4.03. The summed E-state index contributed by atoms with van der Waals surface area (Å²) in [6.07, 6.45) is -2.91. The minimum Gasteiger partial charge on any atom is -0.355 e. The Morgan fingerprint density at radius 1 is 1.24 bits per heavy atom. The number of hydrogen-bond acceptors (Lipinski definition) is 4. The topological polar surface area (TPSA) is 66.9 Å². The molecule has 0 aliphatic carbocycles. The van der Waals surface area contributed by atoms with Crippen molar-refractivity contribution < 1.29 is 18.0 Å². The van der Waals surface area contributed by atoms with E-state index < -0.39 is 23.5 Å². The summed E-state index contributed by atoms with van der Waals surface area (Å²) in [5, 5.41) is 4.95. The number of alkyl halides is 3. The van der Waals surface area contributed by atoms with Gasteiger partial charge in [0.2, 0.25) is 0 Å². The number of para-hydroxylation sites is 1. The molecule has 5 nitrogen and oxygen atoms in total. The van der Waals surface area contributed by atoms with E-state index in [-0.39, 0.29) is 11.3 Å². The van der Waals surface area contributed by atoms with Gasteiger partial charge in [0.25, 0.3) is 5.91 Å². The summed E-state index contributed by atoms with van der Waals surface area (Å²) in [6.45, 7) is 0. The quantitative estimate of drug-likeness (QED) is 0.913. The summed E-state index contributed by atoms with van der Waals surface area (Å²) >= 11 is 0. The van der Waals surface area contributed by atoms with Crippen molar-refractivity contribution in [2.75, 3.05) is 12.4 Å². The van der Waals surface area contributed by atoms with Crippen molar-refractivity contribution in [1.82, 2.24) is 15.3 Å². The SMILES string of the molecule is CNC(=O)c1ccccc1Nc1ncncc1C(F)(F)F. The number of carbonyl (C=O) groups is 1. The summed E-state index contributed by atoms with van der Waals surface area (Å²) in [7, 11) is 1.44. The molecule has 1 aromatic heterocycles. The van der Waals surface area contributed by atoms with Gasteiger partial charge in [-0.2, -0.15) is 13.2 Å². The summed E-state index contributed by atoms with van der Waals surface area (Å²) < 4.78 is 38.6. The van der Waals surface area contributed by atoms with Crippen molar-refractivity contribution in [2.45, 2.75) is 6.18 Å². The molecule has 1 heterocycles. The summed E-state index contributed by atoms with van der Waals surface area (Å²) in [6, 6.07) is 6.20. The second kappa shape index (κ2) is 5.78. The maximum atomic E-state index is 12.9. The van der Waals surface area contributed by atoms with Crippen LogP contribution in [0.2, 0.25) is 0 Å². The van der Waals surface area contributed by atoms with Gasteiger partial charge in [-0.3, -0.25) is 4.79 Å². The molecular weight excluding hydrogens is 285 g/mol. The molecule has 0 saturated carbocycles. The monoisotopic (exact) mass is 296 g/mol. The second-order valence-corrected chi connectivity index (χ2v) is 4.03. The number of halogens is 3. The molecule has 0 spiro atoms. The highest BCUT2D eigenvalue weighted by Gasteiger charge is 2.35. The zero-order valence-corrected chi connectivity index (χ0v) is 10.9. The lowest BCUT2D eigenvalue weighted by atomic mass is 10.1. The third-order valence-electron chi connectivity index (χ3n) is 2.67. The van der Waals surface area contributed by atoms with E-state index in [9.17, 15) is 18.0 Å². The van der Waals surface area contributed by atoms with Crippen LogP contribution in [0.25, 0.3) is 0 Å². The van der Waals surface area contributed by atoms with E-state index in [1.165, 1.54) is 19.2 Å². The first kappa shape index (κ1) is 14.8. The average Bonchev–Trinajstić information content (AvgIpc) is 2.46. The molecule has 0 atom stereocenters. The van der Waals surface area contributed by atoms with E-state index in [4.69, 9.17) is 0 Å². The van der Waals surface area contributed by atoms with Gasteiger partial charge in [0.1, 0.15) is 17.7 Å². The van der Waals surface area contributed by atoms with Crippen LogP contribution < -0.4 is 10.6 Å². The maximum absolute atomic E-state index is 12.9. The highest BCUT2D eigenvalue weighted by atomic mass is 19.4. The van der Waals surface area contributed by atoms with Crippen molar-refractivity contribution in [3.63, 3.8) is 0 Å². The number of nitrogens with zero attached hydrogens (tertiary/aromatic N) is 2. The van der Waals surface area contributed by atoms with Crippen LogP contribution in [-0.4, -0.2) is 22.9 Å². The van der Waals surface area contributed by atoms with Crippen molar-refractivity contribution in [1.29, 1.82) is 0 Å². The molecule has 0 aliphatic heterocycles. The van der Waals surface area contributed by atoms with E-state index in [1.807, 2.05) is 0 Å². The standard InChI is InChI=1S/C13H11F3N4O/c1-17-12(21)8-4-2-3-5-10(8)20-11-9(13(14,15)16)6-18-7-19-11/h2-7H,1H3,(H,17,21)(H,18,19,20). The molecule has 0 unspecified atom stereocenters. The summed E-state index contributed by atoms with van der Waals surface area (Å²) in [5.41, 5.74) is -0.565. The Labute approximate surface area is 118 Å². The van der Waals surface area contributed by atoms with Gasteiger partial charge in [-0.25, -0.2) is 9.97 Å². The Kier molecular flexibility index (Phi) is 4.06. The van der Waals surface area contributed by atoms with Crippen LogP contribution in [0.15, 0.2) is 36.8 Å². The predicted octanol–water partition coefficient (Wildman–Crippen LogP) is 2.60. The molecule has 2 N–H and O–H groups in total. The van der Waals surface area contributed by atoms with Gasteiger partial charge in [0.05, 0.1) is 11.3 Å². The molecule has 1 amide bonds. The highest BCUT2D eigenvalue weighted by molar-refractivity contribution is 6.00. The zero-order valence-electron chi connectivity index (χ0n) is 10.9. The van der Waals surface area contributed by atoms with Crippen LogP contribution in [0.3, 0.4) is 0 Å². The van der Waals surface area contributed by atoms with Gasteiger partial charge >= 0.3 is 6.18 Å². The molecule has 0 fully saturated rings. The molecule has 8 heteroatoms. The molecule has 21 heavy (non-hydrogen) atoms. The van der Waals surface area contributed by atoms with E-state index >= 15 is 0 Å². The fraction of sp³-hybridized carbons (Fsp3) is 0.154. The highest BCUT2D eigenvalue weighted by Crippen LogP contribution is 2.34. The van der Waals surface area contributed by atoms with Gasteiger partial charge in [0, 0.05) is 13.2 Å². The molecule has 0 bridgehead atoms. The third-order valence-corrected chi connectivity index (χ3v) is 2.67. The molecule has 1 aromatic carbocycles. The van der Waals surface area contributed by atoms with Gasteiger partial charge in [-0.05, 0) is 12.1 Å². The fourth-order valence-corrected chi connectivity index (χ4v) is 1.69. The van der Waals surface area contributed by atoms with Crippen molar-refractivity contribution >= 4 is 17.4 Å². The van der Waals surface area contributed by atoms with E-state index in [1.54, 1.807) is 12.1 Å². The number of hydrogen-bond donors (Lipinski definition) is 2. The molecule has 2 aromatic rings. The lowest BCUT2D eigenvalue weighted by Crippen LogP contribution is -2.19. The molecule has 110 valence electrons. The lowest BCUT2D eigenvalue weighted by Gasteiger charge is -2.14. The Balaban J connectivity index is 2.43. The Bertz CT molecular complexity index is 658.